The van der Waals surface area contributed by atoms with E-state index in [0.717, 1.165) is 0 Å². The first-order chi connectivity index (χ1) is 6.81. The van der Waals surface area contributed by atoms with E-state index in [1.807, 2.05) is 0 Å². The van der Waals surface area contributed by atoms with Gasteiger partial charge in [-0.3, -0.25) is 0 Å². The summed E-state index contributed by atoms with van der Waals surface area (Å²) in [5.41, 5.74) is 0.606. The number of alkyl halides is 1. The highest BCUT2D eigenvalue weighted by Gasteiger charge is 2.09. The maximum Gasteiger partial charge on any atom is 0.343 e. The van der Waals surface area contributed by atoms with E-state index in [2.05, 4.69) is 9.97 Å². The zero-order valence-corrected chi connectivity index (χ0v) is 7.16. The molecule has 0 aliphatic carbocycles. The average Bonchev–Trinajstić information content (AvgIpc) is 2.62. The lowest BCUT2D eigenvalue weighted by Gasteiger charge is -1.97. The minimum atomic E-state index is -1.13. The van der Waals surface area contributed by atoms with Crippen LogP contribution in [0.5, 0.6) is 5.75 Å². The predicted molar refractivity (Wildman–Crippen MR) is 47.7 cm³/mol. The van der Waals surface area contributed by atoms with Crippen molar-refractivity contribution < 1.29 is 13.9 Å². The number of nitrogens with one attached hydrogen (secondary N) is 1. The Morgan fingerprint density at radius 3 is 3.29 bits per heavy atom. The second kappa shape index (κ2) is 3.45. The third-order valence-corrected chi connectivity index (χ3v) is 1.75. The third kappa shape index (κ3) is 1.44. The molecule has 0 bridgehead atoms. The number of carbonyl (C=O) groups excluding carboxylic acids is 1. The minimum absolute atomic E-state index is 0.302. The molecule has 0 radical (unpaired) electrons. The van der Waals surface area contributed by atoms with Crippen LogP contribution in [-0.2, 0) is 4.79 Å². The molecule has 2 heterocycles. The molecule has 0 saturated heterocycles. The van der Waals surface area contributed by atoms with Gasteiger partial charge in [-0.2, -0.15) is 0 Å². The number of esters is 1. The zero-order chi connectivity index (χ0) is 9.97. The van der Waals surface area contributed by atoms with Crippen LogP contribution >= 0.6 is 0 Å². The fourth-order valence-electron chi connectivity index (χ4n) is 1.17. The smallest absolute Gasteiger partial charge is 0.343 e. The lowest BCUT2D eigenvalue weighted by atomic mass is 10.3. The maximum absolute atomic E-state index is 11.9. The molecule has 2 rings (SSSR count). The van der Waals surface area contributed by atoms with Gasteiger partial charge in [0, 0.05) is 12.4 Å². The van der Waals surface area contributed by atoms with Crippen LogP contribution in [0.4, 0.5) is 4.39 Å². The van der Waals surface area contributed by atoms with E-state index >= 15 is 0 Å². The predicted octanol–water partition coefficient (Wildman–Crippen LogP) is 1.44. The number of halogens is 1. The zero-order valence-electron chi connectivity index (χ0n) is 7.16. The van der Waals surface area contributed by atoms with Crippen molar-refractivity contribution in [1.29, 1.82) is 0 Å². The van der Waals surface area contributed by atoms with E-state index in [9.17, 15) is 9.18 Å². The molecule has 72 valence electrons. The molecule has 14 heavy (non-hydrogen) atoms. The van der Waals surface area contributed by atoms with Gasteiger partial charge in [0.2, 0.25) is 0 Å². The van der Waals surface area contributed by atoms with E-state index in [4.69, 9.17) is 4.74 Å². The largest absolute Gasteiger partial charge is 0.422 e. The van der Waals surface area contributed by atoms with Gasteiger partial charge in [-0.1, -0.05) is 0 Å². The third-order valence-electron chi connectivity index (χ3n) is 1.75. The minimum Gasteiger partial charge on any atom is -0.422 e. The van der Waals surface area contributed by atoms with Gasteiger partial charge in [0.15, 0.2) is 12.4 Å². The number of rotatable bonds is 2. The number of H-pyrrole nitrogens is 1. The van der Waals surface area contributed by atoms with Crippen molar-refractivity contribution in [3.63, 3.8) is 0 Å². The van der Waals surface area contributed by atoms with Gasteiger partial charge >= 0.3 is 5.97 Å². The normalized spacial score (nSPS) is 10.4. The summed E-state index contributed by atoms with van der Waals surface area (Å²) in [4.78, 5) is 17.5. The van der Waals surface area contributed by atoms with E-state index in [1.165, 1.54) is 6.20 Å². The number of nitrogens with zero attached hydrogens (tertiary/aromatic N) is 1. The van der Waals surface area contributed by atoms with E-state index < -0.39 is 12.6 Å². The van der Waals surface area contributed by atoms with Gasteiger partial charge < -0.3 is 9.72 Å². The Balaban J connectivity index is 2.38. The van der Waals surface area contributed by atoms with Crippen LogP contribution in [0.15, 0.2) is 24.5 Å². The molecule has 0 saturated carbocycles. The number of hydrogen-bond donors (Lipinski definition) is 1. The Morgan fingerprint density at radius 1 is 1.64 bits per heavy atom. The van der Waals surface area contributed by atoms with Gasteiger partial charge in [-0.25, -0.2) is 14.2 Å². The van der Waals surface area contributed by atoms with Gasteiger partial charge in [-0.05, 0) is 12.1 Å². The molecule has 2 aromatic rings. The first-order valence-electron chi connectivity index (χ1n) is 4.00. The molecular weight excluding hydrogens is 187 g/mol. The molecule has 0 amide bonds. The number of hydrogen-bond acceptors (Lipinski definition) is 3. The monoisotopic (exact) mass is 194 g/mol. The van der Waals surface area contributed by atoms with Crippen molar-refractivity contribution in [2.24, 2.45) is 0 Å². The molecule has 0 unspecified atom stereocenters. The molecule has 0 atom stereocenters. The van der Waals surface area contributed by atoms with Crippen LogP contribution < -0.4 is 4.74 Å². The van der Waals surface area contributed by atoms with Gasteiger partial charge in [-0.15, -0.1) is 0 Å². The van der Waals surface area contributed by atoms with E-state index in [0.29, 0.717) is 16.8 Å². The molecule has 4 nitrogen and oxygen atoms in total. The summed E-state index contributed by atoms with van der Waals surface area (Å²) < 4.78 is 16.6. The second-order valence-electron chi connectivity index (χ2n) is 2.66. The van der Waals surface area contributed by atoms with Crippen molar-refractivity contribution >= 4 is 17.0 Å². The fraction of sp³-hybridized carbons (Fsp3) is 0.111. The number of pyridine rings is 1. The standard InChI is InChI=1S/C9H7FN2O2/c10-4-8(13)14-7-5-12-9-6(7)2-1-3-11-9/h1-3,5H,4H2,(H,11,12). The highest BCUT2D eigenvalue weighted by molar-refractivity contribution is 5.86. The summed E-state index contributed by atoms with van der Waals surface area (Å²) in [6.07, 6.45) is 3.09. The van der Waals surface area contributed by atoms with Crippen LogP contribution in [0, 0.1) is 0 Å². The summed E-state index contributed by atoms with van der Waals surface area (Å²) in [5, 5.41) is 0.661. The summed E-state index contributed by atoms with van der Waals surface area (Å²) in [6, 6.07) is 3.45. The number of ether oxygens (including phenoxy) is 1. The lowest BCUT2D eigenvalue weighted by molar-refractivity contribution is -0.135. The van der Waals surface area contributed by atoms with Crippen LogP contribution in [-0.4, -0.2) is 22.6 Å². The molecule has 0 aromatic carbocycles. The maximum atomic E-state index is 11.9. The molecule has 0 aliphatic rings. The lowest BCUT2D eigenvalue weighted by Crippen LogP contribution is -2.08. The molecule has 5 heteroatoms. The van der Waals surface area contributed by atoms with Crippen molar-refractivity contribution in [2.45, 2.75) is 0 Å². The highest BCUT2D eigenvalue weighted by Crippen LogP contribution is 2.23. The Labute approximate surface area is 78.7 Å². The number of fused-ring (bicyclic) bond motifs is 1. The van der Waals surface area contributed by atoms with Gasteiger partial charge in [0.05, 0.1) is 5.39 Å². The Bertz CT molecular complexity index is 467. The van der Waals surface area contributed by atoms with Crippen LogP contribution in [0.2, 0.25) is 0 Å². The molecule has 0 fully saturated rings. The first-order valence-corrected chi connectivity index (χ1v) is 4.00. The molecule has 0 spiro atoms. The average molecular weight is 194 g/mol. The first kappa shape index (κ1) is 8.68. The Morgan fingerprint density at radius 2 is 2.50 bits per heavy atom. The molecule has 1 N–H and O–H groups in total. The van der Waals surface area contributed by atoms with Crippen LogP contribution in [0.1, 0.15) is 0 Å². The Hall–Kier alpha value is -1.91. The van der Waals surface area contributed by atoms with Crippen molar-refractivity contribution in [3.8, 4) is 5.75 Å². The van der Waals surface area contributed by atoms with E-state index in [1.54, 1.807) is 18.3 Å². The van der Waals surface area contributed by atoms with Gasteiger partial charge in [0.25, 0.3) is 0 Å². The number of aromatic nitrogens is 2. The van der Waals surface area contributed by atoms with Crippen molar-refractivity contribution in [3.05, 3.63) is 24.5 Å². The van der Waals surface area contributed by atoms with E-state index in [-0.39, 0.29) is 0 Å². The summed E-state index contributed by atoms with van der Waals surface area (Å²) >= 11 is 0. The summed E-state index contributed by atoms with van der Waals surface area (Å²) in [7, 11) is 0. The van der Waals surface area contributed by atoms with Gasteiger partial charge in [0.1, 0.15) is 5.65 Å². The van der Waals surface area contributed by atoms with Crippen molar-refractivity contribution in [2.75, 3.05) is 6.67 Å². The summed E-state index contributed by atoms with van der Waals surface area (Å²) in [6.45, 7) is -1.13. The Kier molecular flexibility index (Phi) is 2.14. The van der Waals surface area contributed by atoms with Crippen molar-refractivity contribution in [1.82, 2.24) is 9.97 Å². The molecule has 2 aromatic heterocycles. The SMILES string of the molecule is O=C(CF)Oc1c[nH]c2ncccc12. The second-order valence-corrected chi connectivity index (χ2v) is 2.66. The number of carbonyl (C=O) groups is 1. The molecular formula is C9H7FN2O2. The summed E-state index contributed by atoms with van der Waals surface area (Å²) in [5.74, 6) is -0.606. The van der Waals surface area contributed by atoms with Crippen LogP contribution in [0.25, 0.3) is 11.0 Å². The quantitative estimate of drug-likeness (QED) is 0.736. The number of aromatic amines is 1. The fourth-order valence-corrected chi connectivity index (χ4v) is 1.17. The molecule has 0 aliphatic heterocycles. The topological polar surface area (TPSA) is 55.0 Å². The van der Waals surface area contributed by atoms with Crippen LogP contribution in [0.3, 0.4) is 0 Å². The highest BCUT2D eigenvalue weighted by atomic mass is 19.1.